The lowest BCUT2D eigenvalue weighted by molar-refractivity contribution is -0.120. The van der Waals surface area contributed by atoms with Crippen molar-refractivity contribution in [3.8, 4) is 0 Å². The van der Waals surface area contributed by atoms with Crippen LogP contribution in [0.4, 0.5) is 0 Å². The highest BCUT2D eigenvalue weighted by Crippen LogP contribution is 2.54. The minimum Gasteiger partial charge on any atom is -0.465 e. The number of fused-ring (bicyclic) bond motifs is 1. The van der Waals surface area contributed by atoms with Crippen molar-refractivity contribution in [2.45, 2.75) is 66.2 Å². The molecule has 2 aliphatic carbocycles. The summed E-state index contributed by atoms with van der Waals surface area (Å²) in [6, 6.07) is 7.70. The minimum atomic E-state index is -0.494. The van der Waals surface area contributed by atoms with Crippen LogP contribution in [0.2, 0.25) is 0 Å². The highest BCUT2D eigenvalue weighted by Gasteiger charge is 2.48. The maximum atomic E-state index is 13.5. The van der Waals surface area contributed by atoms with Gasteiger partial charge in [-0.15, -0.1) is 0 Å². The van der Waals surface area contributed by atoms with E-state index in [1.165, 1.54) is 6.92 Å². The van der Waals surface area contributed by atoms with Crippen molar-refractivity contribution in [3.63, 3.8) is 0 Å². The quantitative estimate of drug-likeness (QED) is 0.581. The molecule has 0 saturated carbocycles. The van der Waals surface area contributed by atoms with Gasteiger partial charge >= 0.3 is 0 Å². The summed E-state index contributed by atoms with van der Waals surface area (Å²) in [5.74, 6) is 0.858. The Labute approximate surface area is 188 Å². The zero-order chi connectivity index (χ0) is 23.0. The van der Waals surface area contributed by atoms with Crippen molar-refractivity contribution in [2.75, 3.05) is 0 Å². The van der Waals surface area contributed by atoms with E-state index in [1.54, 1.807) is 4.57 Å². The van der Waals surface area contributed by atoms with Crippen LogP contribution in [-0.2, 0) is 14.3 Å². The average Bonchev–Trinajstić information content (AvgIpc) is 3.04. The van der Waals surface area contributed by atoms with Gasteiger partial charge in [-0.3, -0.25) is 19.0 Å². The molecule has 0 fully saturated rings. The first-order valence-corrected chi connectivity index (χ1v) is 11.3. The monoisotopic (exact) mass is 431 g/mol. The van der Waals surface area contributed by atoms with Crippen LogP contribution >= 0.6 is 0 Å². The first-order chi connectivity index (χ1) is 15.0. The minimum absolute atomic E-state index is 0.0325. The zero-order valence-electron chi connectivity index (χ0n) is 19.4. The first kappa shape index (κ1) is 20.9. The normalized spacial score (nSPS) is 22.7. The molecule has 5 heteroatoms. The van der Waals surface area contributed by atoms with E-state index in [0.29, 0.717) is 48.3 Å². The number of hydrogen-bond acceptors (Lipinski definition) is 4. The van der Waals surface area contributed by atoms with Gasteiger partial charge in [-0.05, 0) is 22.5 Å². The number of para-hydroxylation sites is 1. The van der Waals surface area contributed by atoms with Gasteiger partial charge in [0.25, 0.3) is 0 Å². The third-order valence-electron chi connectivity index (χ3n) is 6.97. The number of nitrogens with zero attached hydrogens (tertiary/aromatic N) is 1. The van der Waals surface area contributed by atoms with Crippen molar-refractivity contribution in [3.05, 3.63) is 58.7 Å². The van der Waals surface area contributed by atoms with E-state index in [2.05, 4.69) is 27.7 Å². The van der Waals surface area contributed by atoms with Gasteiger partial charge in [0.1, 0.15) is 11.5 Å². The molecule has 0 spiro atoms. The van der Waals surface area contributed by atoms with Gasteiger partial charge in [0.2, 0.25) is 5.91 Å². The molecule has 1 aromatic carbocycles. The summed E-state index contributed by atoms with van der Waals surface area (Å²) in [7, 11) is 0. The van der Waals surface area contributed by atoms with E-state index in [-0.39, 0.29) is 28.3 Å². The molecule has 1 aliphatic heterocycles. The van der Waals surface area contributed by atoms with E-state index < -0.39 is 5.92 Å². The van der Waals surface area contributed by atoms with Gasteiger partial charge in [0.05, 0.1) is 5.52 Å². The molecule has 0 saturated heterocycles. The molecule has 0 N–H and O–H groups in total. The second-order valence-corrected chi connectivity index (χ2v) is 11.1. The molecule has 0 amide bonds. The number of aromatic nitrogens is 1. The number of ketones is 2. The maximum absolute atomic E-state index is 13.5. The number of Topliss-reactive ketones (excluding diaryl/α,β-unsaturated/α-hetero) is 2. The predicted molar refractivity (Wildman–Crippen MR) is 122 cm³/mol. The Hall–Kier alpha value is -2.95. The van der Waals surface area contributed by atoms with Crippen LogP contribution in [0, 0.1) is 10.8 Å². The second-order valence-electron chi connectivity index (χ2n) is 11.1. The molecule has 0 bridgehead atoms. The Morgan fingerprint density at radius 2 is 1.44 bits per heavy atom. The van der Waals surface area contributed by atoms with Crippen LogP contribution in [0.25, 0.3) is 10.9 Å². The lowest BCUT2D eigenvalue weighted by Crippen LogP contribution is -2.37. The first-order valence-electron chi connectivity index (χ1n) is 11.3. The number of carbonyl (C=O) groups excluding carboxylic acids is 3. The smallest absolute Gasteiger partial charge is 0.227 e. The number of carbonyl (C=O) groups is 3. The Bertz CT molecular complexity index is 1220. The Morgan fingerprint density at radius 1 is 0.906 bits per heavy atom. The highest BCUT2D eigenvalue weighted by molar-refractivity contribution is 6.08. The Balaban J connectivity index is 1.80. The van der Waals surface area contributed by atoms with Crippen LogP contribution in [0.5, 0.6) is 0 Å². The van der Waals surface area contributed by atoms with Crippen molar-refractivity contribution in [1.82, 2.24) is 4.57 Å². The number of benzene rings is 1. The lowest BCUT2D eigenvalue weighted by atomic mass is 9.65. The molecule has 0 radical (unpaired) electrons. The Kier molecular flexibility index (Phi) is 4.43. The summed E-state index contributed by atoms with van der Waals surface area (Å²) in [5, 5.41) is 0.892. The van der Waals surface area contributed by atoms with Gasteiger partial charge in [0, 0.05) is 61.3 Å². The predicted octanol–water partition coefficient (Wildman–Crippen LogP) is 5.70. The van der Waals surface area contributed by atoms with Gasteiger partial charge in [-0.2, -0.15) is 0 Å². The van der Waals surface area contributed by atoms with E-state index in [1.807, 2.05) is 30.5 Å². The molecular formula is C27H29NO4. The van der Waals surface area contributed by atoms with Gasteiger partial charge < -0.3 is 4.74 Å². The van der Waals surface area contributed by atoms with E-state index in [9.17, 15) is 14.4 Å². The fourth-order valence-corrected chi connectivity index (χ4v) is 5.68. The molecule has 2 heterocycles. The molecule has 5 nitrogen and oxygen atoms in total. The number of hydrogen-bond donors (Lipinski definition) is 0. The third-order valence-corrected chi connectivity index (χ3v) is 6.97. The summed E-state index contributed by atoms with van der Waals surface area (Å²) in [6.07, 6.45) is 3.96. The van der Waals surface area contributed by atoms with Crippen molar-refractivity contribution in [2.24, 2.45) is 10.8 Å². The van der Waals surface area contributed by atoms with Crippen LogP contribution in [0.15, 0.2) is 53.1 Å². The summed E-state index contributed by atoms with van der Waals surface area (Å²) in [5.41, 5.74) is 2.43. The molecule has 166 valence electrons. The Morgan fingerprint density at radius 3 is 1.97 bits per heavy atom. The van der Waals surface area contributed by atoms with Gasteiger partial charge in [-0.25, -0.2) is 0 Å². The lowest BCUT2D eigenvalue weighted by Gasteiger charge is -2.42. The van der Waals surface area contributed by atoms with Crippen LogP contribution < -0.4 is 0 Å². The largest absolute Gasteiger partial charge is 0.465 e. The topological polar surface area (TPSA) is 65.4 Å². The van der Waals surface area contributed by atoms with Gasteiger partial charge in [-0.1, -0.05) is 45.9 Å². The third kappa shape index (κ3) is 3.17. The molecule has 0 unspecified atom stereocenters. The molecule has 2 aromatic rings. The average molecular weight is 432 g/mol. The SMILES string of the molecule is CC(=O)n1cc(C2C3=C(CC(C)(C)CC3=O)OC3=C2C(=O)CC(C)(C)C3)c2ccccc21. The summed E-state index contributed by atoms with van der Waals surface area (Å²) < 4.78 is 7.99. The molecule has 0 atom stereocenters. The molecule has 1 aromatic heterocycles. The van der Waals surface area contributed by atoms with E-state index >= 15 is 0 Å². The number of rotatable bonds is 1. The fourth-order valence-electron chi connectivity index (χ4n) is 5.68. The van der Waals surface area contributed by atoms with Crippen LogP contribution in [-0.4, -0.2) is 22.0 Å². The van der Waals surface area contributed by atoms with Crippen LogP contribution in [0.3, 0.4) is 0 Å². The van der Waals surface area contributed by atoms with Crippen LogP contribution in [0.1, 0.15) is 76.6 Å². The summed E-state index contributed by atoms with van der Waals surface area (Å²) in [6.45, 7) is 9.84. The van der Waals surface area contributed by atoms with Crippen molar-refractivity contribution in [1.29, 1.82) is 0 Å². The summed E-state index contributed by atoms with van der Waals surface area (Å²) in [4.78, 5) is 39.3. The van der Waals surface area contributed by atoms with E-state index in [4.69, 9.17) is 4.74 Å². The van der Waals surface area contributed by atoms with E-state index in [0.717, 1.165) is 16.5 Å². The maximum Gasteiger partial charge on any atom is 0.227 e. The molecular weight excluding hydrogens is 402 g/mol. The molecule has 5 rings (SSSR count). The zero-order valence-corrected chi connectivity index (χ0v) is 19.4. The van der Waals surface area contributed by atoms with Crippen molar-refractivity contribution >= 4 is 28.4 Å². The number of ether oxygens (including phenoxy) is 1. The van der Waals surface area contributed by atoms with Gasteiger partial charge in [0.15, 0.2) is 11.6 Å². The summed E-state index contributed by atoms with van der Waals surface area (Å²) >= 11 is 0. The van der Waals surface area contributed by atoms with Crippen molar-refractivity contribution < 1.29 is 19.1 Å². The highest BCUT2D eigenvalue weighted by atomic mass is 16.5. The number of allylic oxidation sites excluding steroid dienone is 4. The fraction of sp³-hybridized carbons (Fsp3) is 0.444. The standard InChI is InChI=1S/C27H29NO4/c1-15(29)28-14-17(16-8-6-7-9-18(16)28)23-24-19(30)10-26(2,3)12-21(24)32-22-13-27(4,5)11-20(31)25(22)23/h6-9,14,23H,10-13H2,1-5H3. The molecule has 32 heavy (non-hydrogen) atoms. The second kappa shape index (κ2) is 6.77. The molecule has 3 aliphatic rings.